The molecule has 0 aliphatic rings. The summed E-state index contributed by atoms with van der Waals surface area (Å²) in [4.78, 5) is 0. The molecule has 1 atom stereocenters. The third-order valence-corrected chi connectivity index (χ3v) is 4.76. The van der Waals surface area contributed by atoms with Gasteiger partial charge in [-0.3, -0.25) is 0 Å². The van der Waals surface area contributed by atoms with E-state index in [1.54, 1.807) is 24.3 Å². The zero-order chi connectivity index (χ0) is 16.4. The molecule has 1 heterocycles. The molecule has 0 saturated carbocycles. The van der Waals surface area contributed by atoms with Gasteiger partial charge in [-0.25, -0.2) is 9.07 Å². The minimum Gasteiger partial charge on any atom is -0.335 e. The van der Waals surface area contributed by atoms with Crippen molar-refractivity contribution < 1.29 is 4.39 Å². The van der Waals surface area contributed by atoms with Crippen molar-refractivity contribution in [2.24, 2.45) is 0 Å². The van der Waals surface area contributed by atoms with Crippen LogP contribution in [-0.2, 0) is 0 Å². The predicted octanol–water partition coefficient (Wildman–Crippen LogP) is 4.30. The number of aromatic nitrogens is 3. The molecule has 2 aromatic carbocycles. The fourth-order valence-corrected chi connectivity index (χ4v) is 3.14. The van der Waals surface area contributed by atoms with Crippen LogP contribution < -0.4 is 5.84 Å². The maximum atomic E-state index is 13.0. The van der Waals surface area contributed by atoms with Gasteiger partial charge in [-0.2, -0.15) is 0 Å². The average Bonchev–Trinajstić information content (AvgIpc) is 2.90. The number of rotatable bonds is 4. The number of thioether (sulfide) groups is 1. The second-order valence-corrected chi connectivity index (χ2v) is 6.74. The van der Waals surface area contributed by atoms with Gasteiger partial charge in [0.1, 0.15) is 5.82 Å². The Kier molecular flexibility index (Phi) is 4.54. The fourth-order valence-electron chi connectivity index (χ4n) is 2.11. The average molecular weight is 349 g/mol. The van der Waals surface area contributed by atoms with E-state index in [2.05, 4.69) is 10.2 Å². The van der Waals surface area contributed by atoms with E-state index in [0.29, 0.717) is 16.0 Å². The van der Waals surface area contributed by atoms with Crippen molar-refractivity contribution in [1.29, 1.82) is 0 Å². The molecule has 0 bridgehead atoms. The minimum absolute atomic E-state index is 0.0696. The molecule has 0 saturated heterocycles. The molecule has 0 spiro atoms. The molecule has 0 aliphatic carbocycles. The lowest BCUT2D eigenvalue weighted by Gasteiger charge is -2.11. The van der Waals surface area contributed by atoms with Crippen molar-refractivity contribution in [1.82, 2.24) is 14.9 Å². The summed E-state index contributed by atoms with van der Waals surface area (Å²) >= 11 is 7.35. The molecule has 0 radical (unpaired) electrons. The summed E-state index contributed by atoms with van der Waals surface area (Å²) in [5.41, 5.74) is 1.83. The van der Waals surface area contributed by atoms with Gasteiger partial charge in [0.15, 0.2) is 5.82 Å². The summed E-state index contributed by atoms with van der Waals surface area (Å²) < 4.78 is 14.5. The highest BCUT2D eigenvalue weighted by Gasteiger charge is 2.16. The summed E-state index contributed by atoms with van der Waals surface area (Å²) in [6.07, 6.45) is 0. The number of nitrogens with two attached hydrogens (primary N) is 1. The fraction of sp³-hybridized carbons (Fsp3) is 0.125. The Bertz CT molecular complexity index is 802. The van der Waals surface area contributed by atoms with Crippen molar-refractivity contribution in [2.45, 2.75) is 17.3 Å². The van der Waals surface area contributed by atoms with Crippen molar-refractivity contribution in [3.63, 3.8) is 0 Å². The highest BCUT2D eigenvalue weighted by molar-refractivity contribution is 7.99. The topological polar surface area (TPSA) is 56.7 Å². The molecule has 23 heavy (non-hydrogen) atoms. The van der Waals surface area contributed by atoms with E-state index >= 15 is 0 Å². The first-order chi connectivity index (χ1) is 11.0. The lowest BCUT2D eigenvalue weighted by Crippen LogP contribution is -2.11. The molecule has 1 unspecified atom stereocenters. The van der Waals surface area contributed by atoms with E-state index in [1.807, 2.05) is 19.1 Å². The molecule has 0 fully saturated rings. The van der Waals surface area contributed by atoms with Crippen LogP contribution in [0.2, 0.25) is 5.02 Å². The maximum Gasteiger partial charge on any atom is 0.210 e. The third kappa shape index (κ3) is 3.48. The third-order valence-electron chi connectivity index (χ3n) is 3.39. The van der Waals surface area contributed by atoms with E-state index < -0.39 is 0 Å². The Balaban J connectivity index is 1.81. The summed E-state index contributed by atoms with van der Waals surface area (Å²) in [6.45, 7) is 2.01. The van der Waals surface area contributed by atoms with E-state index in [4.69, 9.17) is 17.4 Å². The van der Waals surface area contributed by atoms with Crippen molar-refractivity contribution >= 4 is 23.4 Å². The van der Waals surface area contributed by atoms with Gasteiger partial charge in [-0.05, 0) is 48.9 Å². The molecular formula is C16H14ClFN4S. The van der Waals surface area contributed by atoms with Crippen molar-refractivity contribution in [3.05, 3.63) is 64.9 Å². The van der Waals surface area contributed by atoms with Gasteiger partial charge >= 0.3 is 0 Å². The Hall–Kier alpha value is -2.05. The Morgan fingerprint density at radius 2 is 1.74 bits per heavy atom. The van der Waals surface area contributed by atoms with Gasteiger partial charge in [0.2, 0.25) is 5.16 Å². The van der Waals surface area contributed by atoms with E-state index in [1.165, 1.54) is 28.6 Å². The predicted molar refractivity (Wildman–Crippen MR) is 91.3 cm³/mol. The molecule has 1 aromatic heterocycles. The number of benzene rings is 2. The van der Waals surface area contributed by atoms with Crippen LogP contribution in [0.1, 0.15) is 17.7 Å². The van der Waals surface area contributed by atoms with E-state index in [0.717, 1.165) is 11.1 Å². The molecule has 2 N–H and O–H groups in total. The van der Waals surface area contributed by atoms with Gasteiger partial charge in [0.05, 0.1) is 0 Å². The lowest BCUT2D eigenvalue weighted by molar-refractivity contribution is 0.627. The van der Waals surface area contributed by atoms with Gasteiger partial charge < -0.3 is 5.84 Å². The highest BCUT2D eigenvalue weighted by Crippen LogP contribution is 2.34. The number of nitrogen functional groups attached to an aromatic ring is 1. The Morgan fingerprint density at radius 3 is 2.39 bits per heavy atom. The van der Waals surface area contributed by atoms with Gasteiger partial charge in [0.25, 0.3) is 0 Å². The number of nitrogens with zero attached hydrogens (tertiary/aromatic N) is 3. The smallest absolute Gasteiger partial charge is 0.210 e. The summed E-state index contributed by atoms with van der Waals surface area (Å²) in [5.74, 6) is 6.42. The standard InChI is InChI=1S/C16H14ClFN4S/c1-10(11-4-8-14(18)9-5-11)23-16-21-20-15(22(16)19)12-2-6-13(17)7-3-12/h2-10H,19H2,1H3. The first-order valence-electron chi connectivity index (χ1n) is 6.93. The molecule has 0 amide bonds. The lowest BCUT2D eigenvalue weighted by atomic mass is 10.2. The monoisotopic (exact) mass is 348 g/mol. The summed E-state index contributed by atoms with van der Waals surface area (Å²) in [7, 11) is 0. The van der Waals surface area contributed by atoms with E-state index in [9.17, 15) is 4.39 Å². The van der Waals surface area contributed by atoms with E-state index in [-0.39, 0.29) is 11.1 Å². The molecule has 0 aliphatic heterocycles. The molecule has 7 heteroatoms. The molecule has 3 rings (SSSR count). The normalized spacial score (nSPS) is 12.3. The highest BCUT2D eigenvalue weighted by atomic mass is 35.5. The van der Waals surface area contributed by atoms with Gasteiger partial charge in [-0.15, -0.1) is 10.2 Å². The van der Waals surface area contributed by atoms with Crippen LogP contribution in [0.25, 0.3) is 11.4 Å². The molecule has 3 aromatic rings. The van der Waals surface area contributed by atoms with Crippen LogP contribution in [0, 0.1) is 5.82 Å². The molecule has 4 nitrogen and oxygen atoms in total. The quantitative estimate of drug-likeness (QED) is 0.564. The number of halogens is 2. The molecular weight excluding hydrogens is 335 g/mol. The van der Waals surface area contributed by atoms with Crippen LogP contribution >= 0.6 is 23.4 Å². The molecule has 118 valence electrons. The number of hydrogen-bond donors (Lipinski definition) is 1. The van der Waals surface area contributed by atoms with Crippen molar-refractivity contribution in [2.75, 3.05) is 5.84 Å². The van der Waals surface area contributed by atoms with Crippen LogP contribution in [-0.4, -0.2) is 14.9 Å². The second kappa shape index (κ2) is 6.60. The van der Waals surface area contributed by atoms with Crippen LogP contribution in [0.4, 0.5) is 4.39 Å². The summed E-state index contributed by atoms with van der Waals surface area (Å²) in [5, 5.41) is 9.59. The SMILES string of the molecule is CC(Sc1nnc(-c2ccc(Cl)cc2)n1N)c1ccc(F)cc1. The first kappa shape index (κ1) is 15.8. The zero-order valence-corrected chi connectivity index (χ0v) is 13.9. The van der Waals surface area contributed by atoms with Gasteiger partial charge in [0, 0.05) is 15.8 Å². The van der Waals surface area contributed by atoms with Crippen LogP contribution in [0.15, 0.2) is 53.7 Å². The second-order valence-electron chi connectivity index (χ2n) is 4.99. The minimum atomic E-state index is -0.252. The summed E-state index contributed by atoms with van der Waals surface area (Å²) in [6, 6.07) is 13.6. The maximum absolute atomic E-state index is 13.0. The van der Waals surface area contributed by atoms with Crippen LogP contribution in [0.5, 0.6) is 0 Å². The van der Waals surface area contributed by atoms with Crippen LogP contribution in [0.3, 0.4) is 0 Å². The van der Waals surface area contributed by atoms with Gasteiger partial charge in [-0.1, -0.05) is 35.5 Å². The van der Waals surface area contributed by atoms with Crippen molar-refractivity contribution in [3.8, 4) is 11.4 Å². The largest absolute Gasteiger partial charge is 0.335 e. The zero-order valence-electron chi connectivity index (χ0n) is 12.3. The number of hydrogen-bond acceptors (Lipinski definition) is 4. The first-order valence-corrected chi connectivity index (χ1v) is 8.19. The Labute approximate surface area is 142 Å². The Morgan fingerprint density at radius 1 is 1.09 bits per heavy atom.